The molecule has 4 nitrogen and oxygen atoms in total. The molecule has 0 radical (unpaired) electrons. The molecule has 116 valence electrons. The number of anilines is 1. The van der Waals surface area contributed by atoms with Crippen molar-refractivity contribution in [2.24, 2.45) is 5.92 Å². The molecule has 0 unspecified atom stereocenters. The topological polar surface area (TPSA) is 45.2 Å². The van der Waals surface area contributed by atoms with E-state index in [1.165, 1.54) is 12.8 Å². The summed E-state index contributed by atoms with van der Waals surface area (Å²) in [4.78, 5) is 19.1. The fraction of sp³-hybridized carbons (Fsp3) is 0.647. The van der Waals surface area contributed by atoms with E-state index in [9.17, 15) is 4.79 Å². The van der Waals surface area contributed by atoms with Gasteiger partial charge in [-0.1, -0.05) is 13.8 Å². The minimum Gasteiger partial charge on any atom is -0.373 e. The van der Waals surface area contributed by atoms with Gasteiger partial charge in [0.25, 0.3) is 5.91 Å². The third kappa shape index (κ3) is 3.74. The van der Waals surface area contributed by atoms with Crippen molar-refractivity contribution in [2.45, 2.75) is 52.0 Å². The van der Waals surface area contributed by atoms with Crippen molar-refractivity contribution < 1.29 is 4.79 Å². The van der Waals surface area contributed by atoms with Crippen molar-refractivity contribution >= 4 is 11.7 Å². The summed E-state index contributed by atoms with van der Waals surface area (Å²) in [6.07, 6.45) is 5.52. The number of aromatic nitrogens is 1. The monoisotopic (exact) mass is 289 g/mol. The Bertz CT molecular complexity index is 471. The molecule has 0 bridgehead atoms. The van der Waals surface area contributed by atoms with Crippen LogP contribution in [0.3, 0.4) is 0 Å². The smallest absolute Gasteiger partial charge is 0.254 e. The Morgan fingerprint density at radius 2 is 2.00 bits per heavy atom. The molecule has 1 fully saturated rings. The number of hydrogen-bond donors (Lipinski definition) is 1. The van der Waals surface area contributed by atoms with Gasteiger partial charge in [-0.15, -0.1) is 0 Å². The van der Waals surface area contributed by atoms with E-state index in [1.54, 1.807) is 0 Å². The highest BCUT2D eigenvalue weighted by molar-refractivity contribution is 5.95. The van der Waals surface area contributed by atoms with Crippen LogP contribution in [0.2, 0.25) is 0 Å². The first-order chi connectivity index (χ1) is 10.0. The highest BCUT2D eigenvalue weighted by Crippen LogP contribution is 2.27. The molecule has 1 heterocycles. The maximum atomic E-state index is 12.7. The fourth-order valence-corrected chi connectivity index (χ4v) is 3.02. The molecule has 1 aromatic heterocycles. The number of carbonyl (C=O) groups excluding carboxylic acids is 1. The lowest BCUT2D eigenvalue weighted by molar-refractivity contribution is 0.0679. The first-order valence-corrected chi connectivity index (χ1v) is 8.01. The van der Waals surface area contributed by atoms with Crippen LogP contribution in [0.4, 0.5) is 5.82 Å². The lowest BCUT2D eigenvalue weighted by Crippen LogP contribution is -2.39. The molecule has 0 aromatic carbocycles. The molecule has 0 aliphatic heterocycles. The molecular formula is C17H27N3O. The van der Waals surface area contributed by atoms with Crippen LogP contribution >= 0.6 is 0 Å². The highest BCUT2D eigenvalue weighted by atomic mass is 16.2. The molecule has 1 aromatic rings. The van der Waals surface area contributed by atoms with E-state index in [0.29, 0.717) is 6.04 Å². The molecule has 1 saturated carbocycles. The minimum absolute atomic E-state index is 0.114. The number of nitrogens with one attached hydrogen (secondary N) is 1. The zero-order chi connectivity index (χ0) is 15.4. The van der Waals surface area contributed by atoms with Crippen LogP contribution in [0.25, 0.3) is 0 Å². The standard InChI is InChI=1S/C17H27N3O/c1-5-14-10-13(11-16(18-3)19-14)17(21)20(4)15-8-6-12(2)7-9-15/h10-12,15H,5-9H2,1-4H3,(H,18,19). The molecule has 1 N–H and O–H groups in total. The average molecular weight is 289 g/mol. The average Bonchev–Trinajstić information content (AvgIpc) is 2.53. The van der Waals surface area contributed by atoms with E-state index in [0.717, 1.165) is 42.3 Å². The summed E-state index contributed by atoms with van der Waals surface area (Å²) >= 11 is 0. The summed E-state index contributed by atoms with van der Waals surface area (Å²) in [5.41, 5.74) is 1.70. The Labute approximate surface area is 127 Å². The number of hydrogen-bond acceptors (Lipinski definition) is 3. The Morgan fingerprint density at radius 3 is 2.57 bits per heavy atom. The van der Waals surface area contributed by atoms with Crippen molar-refractivity contribution in [3.05, 3.63) is 23.4 Å². The van der Waals surface area contributed by atoms with E-state index >= 15 is 0 Å². The molecular weight excluding hydrogens is 262 g/mol. The summed E-state index contributed by atoms with van der Waals surface area (Å²) in [7, 11) is 3.77. The molecule has 2 rings (SSSR count). The number of amides is 1. The third-order valence-corrected chi connectivity index (χ3v) is 4.60. The number of rotatable bonds is 4. The largest absolute Gasteiger partial charge is 0.373 e. The summed E-state index contributed by atoms with van der Waals surface area (Å²) < 4.78 is 0. The quantitative estimate of drug-likeness (QED) is 0.924. The zero-order valence-corrected chi connectivity index (χ0v) is 13.6. The third-order valence-electron chi connectivity index (χ3n) is 4.60. The molecule has 0 saturated heterocycles. The van der Waals surface area contributed by atoms with Gasteiger partial charge in [-0.2, -0.15) is 0 Å². The van der Waals surface area contributed by atoms with Crippen LogP contribution in [0.15, 0.2) is 12.1 Å². The second kappa shape index (κ2) is 6.92. The predicted molar refractivity (Wildman–Crippen MR) is 86.7 cm³/mol. The van der Waals surface area contributed by atoms with Crippen LogP contribution in [0.1, 0.15) is 55.6 Å². The van der Waals surface area contributed by atoms with Gasteiger partial charge in [-0.3, -0.25) is 4.79 Å². The molecule has 0 spiro atoms. The molecule has 21 heavy (non-hydrogen) atoms. The van der Waals surface area contributed by atoms with Gasteiger partial charge in [0.1, 0.15) is 5.82 Å². The number of carbonyl (C=O) groups is 1. The fourth-order valence-electron chi connectivity index (χ4n) is 3.02. The molecule has 4 heteroatoms. The summed E-state index contributed by atoms with van der Waals surface area (Å²) in [6, 6.07) is 4.15. The van der Waals surface area contributed by atoms with Gasteiger partial charge >= 0.3 is 0 Å². The van der Waals surface area contributed by atoms with E-state index in [1.807, 2.05) is 31.1 Å². The molecule has 1 aliphatic carbocycles. The van der Waals surface area contributed by atoms with E-state index < -0.39 is 0 Å². The maximum absolute atomic E-state index is 12.7. The van der Waals surface area contributed by atoms with Crippen LogP contribution in [0.5, 0.6) is 0 Å². The first kappa shape index (κ1) is 15.8. The Hall–Kier alpha value is -1.58. The second-order valence-electron chi connectivity index (χ2n) is 6.17. The zero-order valence-electron chi connectivity index (χ0n) is 13.6. The Morgan fingerprint density at radius 1 is 1.33 bits per heavy atom. The molecule has 1 aliphatic rings. The van der Waals surface area contributed by atoms with Crippen LogP contribution in [-0.2, 0) is 6.42 Å². The Balaban J connectivity index is 2.15. The lowest BCUT2D eigenvalue weighted by Gasteiger charge is -2.33. The Kier molecular flexibility index (Phi) is 5.21. The van der Waals surface area contributed by atoms with Gasteiger partial charge in [-0.25, -0.2) is 4.98 Å². The van der Waals surface area contributed by atoms with Gasteiger partial charge < -0.3 is 10.2 Å². The van der Waals surface area contributed by atoms with Crippen molar-refractivity contribution in [2.75, 3.05) is 19.4 Å². The molecule has 1 amide bonds. The predicted octanol–water partition coefficient (Wildman–Crippen LogP) is 3.34. The van der Waals surface area contributed by atoms with Crippen LogP contribution < -0.4 is 5.32 Å². The van der Waals surface area contributed by atoms with Gasteiger partial charge in [-0.05, 0) is 50.2 Å². The molecule has 0 atom stereocenters. The van der Waals surface area contributed by atoms with Crippen molar-refractivity contribution in [1.82, 2.24) is 9.88 Å². The summed E-state index contributed by atoms with van der Waals surface area (Å²) in [5.74, 6) is 1.68. The minimum atomic E-state index is 0.114. The van der Waals surface area contributed by atoms with E-state index in [4.69, 9.17) is 0 Å². The van der Waals surface area contributed by atoms with Crippen molar-refractivity contribution in [3.63, 3.8) is 0 Å². The maximum Gasteiger partial charge on any atom is 0.254 e. The lowest BCUT2D eigenvalue weighted by atomic mass is 9.86. The normalized spacial score (nSPS) is 21.9. The van der Waals surface area contributed by atoms with Gasteiger partial charge in [0.05, 0.1) is 0 Å². The van der Waals surface area contributed by atoms with Crippen molar-refractivity contribution in [1.29, 1.82) is 0 Å². The van der Waals surface area contributed by atoms with Gasteiger partial charge in [0.15, 0.2) is 0 Å². The summed E-state index contributed by atoms with van der Waals surface area (Å²) in [5, 5.41) is 3.04. The van der Waals surface area contributed by atoms with E-state index in [2.05, 4.69) is 24.1 Å². The number of pyridine rings is 1. The first-order valence-electron chi connectivity index (χ1n) is 8.01. The van der Waals surface area contributed by atoms with Gasteiger partial charge in [0.2, 0.25) is 0 Å². The highest BCUT2D eigenvalue weighted by Gasteiger charge is 2.25. The van der Waals surface area contributed by atoms with Crippen molar-refractivity contribution in [3.8, 4) is 0 Å². The summed E-state index contributed by atoms with van der Waals surface area (Å²) in [6.45, 7) is 4.36. The SMILES string of the molecule is CCc1cc(C(=O)N(C)C2CCC(C)CC2)cc(NC)n1. The number of nitrogens with zero attached hydrogens (tertiary/aromatic N) is 2. The van der Waals surface area contributed by atoms with Crippen LogP contribution in [-0.4, -0.2) is 35.9 Å². The van der Waals surface area contributed by atoms with Gasteiger partial charge in [0, 0.05) is 31.4 Å². The van der Waals surface area contributed by atoms with Crippen LogP contribution in [0, 0.1) is 5.92 Å². The number of aryl methyl sites for hydroxylation is 1. The second-order valence-corrected chi connectivity index (χ2v) is 6.17. The van der Waals surface area contributed by atoms with E-state index in [-0.39, 0.29) is 5.91 Å².